The van der Waals surface area contributed by atoms with Crippen molar-refractivity contribution in [3.63, 3.8) is 0 Å². The third-order valence-corrected chi connectivity index (χ3v) is 3.57. The first-order valence-corrected chi connectivity index (χ1v) is 6.44. The van der Waals surface area contributed by atoms with E-state index in [1.54, 1.807) is 24.8 Å². The van der Waals surface area contributed by atoms with E-state index in [1.165, 1.54) is 19.0 Å². The van der Waals surface area contributed by atoms with Crippen molar-refractivity contribution in [3.05, 3.63) is 18.3 Å². The summed E-state index contributed by atoms with van der Waals surface area (Å²) >= 11 is 1.73. The Morgan fingerprint density at radius 2 is 2.24 bits per heavy atom. The van der Waals surface area contributed by atoms with E-state index < -0.39 is 11.8 Å². The molecule has 1 saturated carbocycles. The molecule has 2 rings (SSSR count). The molecule has 0 unspecified atom stereocenters. The van der Waals surface area contributed by atoms with Crippen molar-refractivity contribution >= 4 is 23.5 Å². The lowest BCUT2D eigenvalue weighted by Crippen LogP contribution is -2.19. The van der Waals surface area contributed by atoms with Crippen LogP contribution in [0.5, 0.6) is 5.75 Å². The van der Waals surface area contributed by atoms with Crippen LogP contribution < -0.4 is 4.74 Å². The van der Waals surface area contributed by atoms with Crippen molar-refractivity contribution in [2.45, 2.75) is 36.5 Å². The molecule has 90 valence electrons. The predicted octanol–water partition coefficient (Wildman–Crippen LogP) is 2.22. The minimum Gasteiger partial charge on any atom is -0.419 e. The van der Waals surface area contributed by atoms with Gasteiger partial charge in [-0.1, -0.05) is 6.92 Å². The van der Waals surface area contributed by atoms with Gasteiger partial charge in [-0.05, 0) is 25.0 Å². The van der Waals surface area contributed by atoms with Crippen LogP contribution in [0.3, 0.4) is 0 Å². The molecular weight excluding hydrogens is 238 g/mol. The van der Waals surface area contributed by atoms with E-state index in [1.807, 2.05) is 6.07 Å². The molecule has 0 bridgehead atoms. The summed E-state index contributed by atoms with van der Waals surface area (Å²) in [5.74, 6) is -1.03. The van der Waals surface area contributed by atoms with Crippen molar-refractivity contribution in [1.82, 2.24) is 4.98 Å². The normalized spacial score (nSPS) is 14.4. The summed E-state index contributed by atoms with van der Waals surface area (Å²) in [7, 11) is 0. The van der Waals surface area contributed by atoms with Crippen LogP contribution in [0.1, 0.15) is 26.2 Å². The number of esters is 1. The molecule has 1 aromatic heterocycles. The molecule has 5 heteroatoms. The summed E-state index contributed by atoms with van der Waals surface area (Å²) in [6.07, 6.45) is 4.12. The Kier molecular flexibility index (Phi) is 3.78. The second-order valence-corrected chi connectivity index (χ2v) is 5.14. The van der Waals surface area contributed by atoms with Crippen LogP contribution in [0, 0.1) is 0 Å². The number of Topliss-reactive ketones (excluding diaryl/α,β-unsaturated/α-hetero) is 1. The smallest absolute Gasteiger partial charge is 0.380 e. The monoisotopic (exact) mass is 251 g/mol. The maximum absolute atomic E-state index is 11.2. The van der Waals surface area contributed by atoms with E-state index >= 15 is 0 Å². The fraction of sp³-hybridized carbons (Fsp3) is 0.417. The van der Waals surface area contributed by atoms with E-state index in [0.717, 1.165) is 5.03 Å². The second kappa shape index (κ2) is 5.31. The minimum absolute atomic E-state index is 0.155. The molecule has 0 aromatic carbocycles. The number of ether oxygens (including phenoxy) is 1. The molecular formula is C12H13NO3S. The highest BCUT2D eigenvalue weighted by molar-refractivity contribution is 8.00. The fourth-order valence-corrected chi connectivity index (χ4v) is 2.14. The Morgan fingerprint density at radius 1 is 1.47 bits per heavy atom. The van der Waals surface area contributed by atoms with Gasteiger partial charge in [0.05, 0.1) is 11.2 Å². The molecule has 1 aromatic rings. The van der Waals surface area contributed by atoms with Crippen molar-refractivity contribution in [3.8, 4) is 5.75 Å². The Morgan fingerprint density at radius 3 is 2.76 bits per heavy atom. The molecule has 0 N–H and O–H groups in total. The zero-order chi connectivity index (χ0) is 12.3. The standard InChI is InChI=1S/C12H13NO3S/c1-2-10(14)12(15)16-8-3-6-11(13-7-8)17-9-4-5-9/h3,6-7,9H,2,4-5H2,1H3. The van der Waals surface area contributed by atoms with E-state index in [9.17, 15) is 9.59 Å². The summed E-state index contributed by atoms with van der Waals surface area (Å²) < 4.78 is 4.88. The van der Waals surface area contributed by atoms with Crippen LogP contribution in [0.4, 0.5) is 0 Å². The third-order valence-electron chi connectivity index (χ3n) is 2.28. The average Bonchev–Trinajstić information content (AvgIpc) is 3.14. The second-order valence-electron chi connectivity index (χ2n) is 3.82. The van der Waals surface area contributed by atoms with Crippen molar-refractivity contribution < 1.29 is 14.3 Å². The highest BCUT2D eigenvalue weighted by atomic mass is 32.2. The quantitative estimate of drug-likeness (QED) is 0.593. The molecule has 1 aliphatic carbocycles. The number of pyridine rings is 1. The molecule has 0 radical (unpaired) electrons. The van der Waals surface area contributed by atoms with Crippen molar-refractivity contribution in [1.29, 1.82) is 0 Å². The van der Waals surface area contributed by atoms with E-state index in [-0.39, 0.29) is 6.42 Å². The molecule has 1 aliphatic rings. The van der Waals surface area contributed by atoms with Crippen LogP contribution in [-0.2, 0) is 9.59 Å². The average molecular weight is 251 g/mol. The number of thioether (sulfide) groups is 1. The van der Waals surface area contributed by atoms with Crippen LogP contribution in [0.15, 0.2) is 23.4 Å². The SMILES string of the molecule is CCC(=O)C(=O)Oc1ccc(SC2CC2)nc1. The molecule has 17 heavy (non-hydrogen) atoms. The fourth-order valence-electron chi connectivity index (χ4n) is 1.16. The van der Waals surface area contributed by atoms with Gasteiger partial charge in [-0.3, -0.25) is 4.79 Å². The van der Waals surface area contributed by atoms with Gasteiger partial charge >= 0.3 is 5.97 Å². The van der Waals surface area contributed by atoms with Crippen molar-refractivity contribution in [2.24, 2.45) is 0 Å². The van der Waals surface area contributed by atoms with Crippen LogP contribution in [0.25, 0.3) is 0 Å². The van der Waals surface area contributed by atoms with Crippen LogP contribution in [-0.4, -0.2) is 22.0 Å². The zero-order valence-corrected chi connectivity index (χ0v) is 10.3. The number of carbonyl (C=O) groups excluding carboxylic acids is 2. The summed E-state index contributed by atoms with van der Waals surface area (Å²) in [6.45, 7) is 1.62. The lowest BCUT2D eigenvalue weighted by atomic mass is 10.3. The predicted molar refractivity (Wildman–Crippen MR) is 64.0 cm³/mol. The lowest BCUT2D eigenvalue weighted by molar-refractivity contribution is -0.146. The van der Waals surface area contributed by atoms with Gasteiger partial charge in [0.15, 0.2) is 0 Å². The van der Waals surface area contributed by atoms with Gasteiger partial charge in [0.2, 0.25) is 5.78 Å². The first-order valence-electron chi connectivity index (χ1n) is 5.56. The maximum atomic E-state index is 11.2. The van der Waals surface area contributed by atoms with Crippen LogP contribution >= 0.6 is 11.8 Å². The summed E-state index contributed by atoms with van der Waals surface area (Å²) in [5, 5.41) is 1.62. The number of nitrogens with zero attached hydrogens (tertiary/aromatic N) is 1. The molecule has 0 amide bonds. The number of ketones is 1. The Bertz CT molecular complexity index is 426. The topological polar surface area (TPSA) is 56.3 Å². The highest BCUT2D eigenvalue weighted by Crippen LogP contribution is 2.38. The number of hydrogen-bond acceptors (Lipinski definition) is 5. The molecule has 4 nitrogen and oxygen atoms in total. The molecule has 1 heterocycles. The Hall–Kier alpha value is -1.36. The summed E-state index contributed by atoms with van der Waals surface area (Å²) in [6, 6.07) is 3.47. The van der Waals surface area contributed by atoms with Gasteiger partial charge in [-0.2, -0.15) is 0 Å². The van der Waals surface area contributed by atoms with Crippen LogP contribution in [0.2, 0.25) is 0 Å². The molecule has 0 saturated heterocycles. The first kappa shape index (κ1) is 12.1. The van der Waals surface area contributed by atoms with Gasteiger partial charge in [-0.25, -0.2) is 9.78 Å². The number of carbonyl (C=O) groups is 2. The number of hydrogen-bond donors (Lipinski definition) is 0. The molecule has 1 fully saturated rings. The van der Waals surface area contributed by atoms with Gasteiger partial charge in [0.1, 0.15) is 5.75 Å². The Balaban J connectivity index is 1.92. The number of aromatic nitrogens is 1. The molecule has 0 spiro atoms. The molecule has 0 aliphatic heterocycles. The van der Waals surface area contributed by atoms with Gasteiger partial charge in [0.25, 0.3) is 0 Å². The third kappa shape index (κ3) is 3.56. The van der Waals surface area contributed by atoms with E-state index in [4.69, 9.17) is 4.74 Å². The Labute approximate surface area is 104 Å². The van der Waals surface area contributed by atoms with E-state index in [2.05, 4.69) is 4.98 Å². The maximum Gasteiger partial charge on any atom is 0.380 e. The molecule has 0 atom stereocenters. The van der Waals surface area contributed by atoms with E-state index in [0.29, 0.717) is 11.0 Å². The minimum atomic E-state index is -0.822. The zero-order valence-electron chi connectivity index (χ0n) is 9.51. The summed E-state index contributed by atoms with van der Waals surface area (Å²) in [4.78, 5) is 26.4. The van der Waals surface area contributed by atoms with Gasteiger partial charge < -0.3 is 4.74 Å². The summed E-state index contributed by atoms with van der Waals surface area (Å²) in [5.41, 5.74) is 0. The first-order chi connectivity index (χ1) is 8.19. The highest BCUT2D eigenvalue weighted by Gasteiger charge is 2.23. The largest absolute Gasteiger partial charge is 0.419 e. The van der Waals surface area contributed by atoms with Crippen molar-refractivity contribution in [2.75, 3.05) is 0 Å². The lowest BCUT2D eigenvalue weighted by Gasteiger charge is -2.03. The van der Waals surface area contributed by atoms with Gasteiger partial charge in [-0.15, -0.1) is 11.8 Å². The number of rotatable bonds is 5. The van der Waals surface area contributed by atoms with Gasteiger partial charge in [0, 0.05) is 11.7 Å².